The minimum absolute atomic E-state index is 0.0286. The average molecular weight is 313 g/mol. The standard InChI is InChI=1S/C15H15N5O3/c21-12-4-3-11(17-12)15(22)20-7-10(8-20)14-18-13(19-23-14)9-2-1-5-16-6-9/h1-2,5-6,10-11H,3-4,7-8H2,(H,17,21). The molecule has 2 aromatic rings. The second kappa shape index (κ2) is 5.45. The molecule has 2 aliphatic rings. The van der Waals surface area contributed by atoms with Crippen LogP contribution in [0.5, 0.6) is 0 Å². The molecule has 2 saturated heterocycles. The Morgan fingerprint density at radius 3 is 2.96 bits per heavy atom. The number of pyridine rings is 1. The van der Waals surface area contributed by atoms with Crippen molar-refractivity contribution in [2.75, 3.05) is 13.1 Å². The van der Waals surface area contributed by atoms with Crippen LogP contribution in [0.25, 0.3) is 11.4 Å². The topological polar surface area (TPSA) is 101 Å². The number of rotatable bonds is 3. The molecule has 0 radical (unpaired) electrons. The number of nitrogens with one attached hydrogen (secondary N) is 1. The Balaban J connectivity index is 1.38. The summed E-state index contributed by atoms with van der Waals surface area (Å²) in [6.07, 6.45) is 4.35. The van der Waals surface area contributed by atoms with Gasteiger partial charge < -0.3 is 14.7 Å². The molecule has 4 heterocycles. The van der Waals surface area contributed by atoms with Gasteiger partial charge in [-0.2, -0.15) is 4.98 Å². The van der Waals surface area contributed by atoms with Crippen LogP contribution in [0.3, 0.4) is 0 Å². The number of hydrogen-bond acceptors (Lipinski definition) is 6. The Hall–Kier alpha value is -2.77. The second-order valence-corrected chi connectivity index (χ2v) is 5.80. The van der Waals surface area contributed by atoms with E-state index < -0.39 is 0 Å². The van der Waals surface area contributed by atoms with E-state index in [1.807, 2.05) is 12.1 Å². The first kappa shape index (κ1) is 13.9. The Bertz CT molecular complexity index is 739. The second-order valence-electron chi connectivity index (χ2n) is 5.80. The van der Waals surface area contributed by atoms with Crippen LogP contribution in [-0.4, -0.2) is 51.0 Å². The highest BCUT2D eigenvalue weighted by Gasteiger charge is 2.40. The van der Waals surface area contributed by atoms with Gasteiger partial charge >= 0.3 is 0 Å². The van der Waals surface area contributed by atoms with E-state index in [0.29, 0.717) is 37.6 Å². The Morgan fingerprint density at radius 1 is 1.39 bits per heavy atom. The molecule has 4 rings (SSSR count). The molecule has 0 aromatic carbocycles. The van der Waals surface area contributed by atoms with Gasteiger partial charge in [0.05, 0.1) is 5.92 Å². The van der Waals surface area contributed by atoms with Crippen LogP contribution in [0.15, 0.2) is 29.0 Å². The lowest BCUT2D eigenvalue weighted by Crippen LogP contribution is -2.54. The fourth-order valence-electron chi connectivity index (χ4n) is 2.85. The first-order chi connectivity index (χ1) is 11.2. The van der Waals surface area contributed by atoms with E-state index in [0.717, 1.165) is 5.56 Å². The summed E-state index contributed by atoms with van der Waals surface area (Å²) >= 11 is 0. The SMILES string of the molecule is O=C1CCC(C(=O)N2CC(c3nc(-c4cccnc4)no3)C2)N1. The summed E-state index contributed by atoms with van der Waals surface area (Å²) in [7, 11) is 0. The first-order valence-electron chi connectivity index (χ1n) is 7.53. The predicted octanol–water partition coefficient (Wildman–Crippen LogP) is 0.336. The van der Waals surface area contributed by atoms with Crippen molar-refractivity contribution in [3.05, 3.63) is 30.4 Å². The molecule has 0 spiro atoms. The van der Waals surface area contributed by atoms with Crippen LogP contribution in [-0.2, 0) is 9.59 Å². The number of carbonyl (C=O) groups is 2. The molecule has 0 aliphatic carbocycles. The molecular formula is C15H15N5O3. The largest absolute Gasteiger partial charge is 0.344 e. The highest BCUT2D eigenvalue weighted by molar-refractivity contribution is 5.91. The van der Waals surface area contributed by atoms with Gasteiger partial charge in [0.15, 0.2) is 0 Å². The van der Waals surface area contributed by atoms with Gasteiger partial charge in [0.2, 0.25) is 23.5 Å². The summed E-state index contributed by atoms with van der Waals surface area (Å²) in [5, 5.41) is 6.65. The monoisotopic (exact) mass is 313 g/mol. The molecule has 2 aliphatic heterocycles. The van der Waals surface area contributed by atoms with E-state index in [9.17, 15) is 9.59 Å². The molecule has 2 aromatic heterocycles. The van der Waals surface area contributed by atoms with E-state index in [-0.39, 0.29) is 23.8 Å². The highest BCUT2D eigenvalue weighted by Crippen LogP contribution is 2.28. The molecular weight excluding hydrogens is 298 g/mol. The molecule has 0 bridgehead atoms. The lowest BCUT2D eigenvalue weighted by Gasteiger charge is -2.38. The van der Waals surface area contributed by atoms with Crippen LogP contribution < -0.4 is 5.32 Å². The summed E-state index contributed by atoms with van der Waals surface area (Å²) in [5.41, 5.74) is 0.795. The van der Waals surface area contributed by atoms with Crippen LogP contribution in [0.4, 0.5) is 0 Å². The summed E-state index contributed by atoms with van der Waals surface area (Å²) in [4.78, 5) is 33.5. The molecule has 1 unspecified atom stereocenters. The van der Waals surface area contributed by atoms with Crippen molar-refractivity contribution in [3.63, 3.8) is 0 Å². The van der Waals surface area contributed by atoms with Crippen molar-refractivity contribution in [3.8, 4) is 11.4 Å². The van der Waals surface area contributed by atoms with Gasteiger partial charge in [0.25, 0.3) is 0 Å². The summed E-state index contributed by atoms with van der Waals surface area (Å²) in [5.74, 6) is 0.996. The summed E-state index contributed by atoms with van der Waals surface area (Å²) in [6.45, 7) is 1.08. The van der Waals surface area contributed by atoms with Crippen LogP contribution in [0, 0.1) is 0 Å². The van der Waals surface area contributed by atoms with E-state index >= 15 is 0 Å². The number of nitrogens with zero attached hydrogens (tertiary/aromatic N) is 4. The van der Waals surface area contributed by atoms with Crippen molar-refractivity contribution in [1.82, 2.24) is 25.3 Å². The molecule has 23 heavy (non-hydrogen) atoms. The van der Waals surface area contributed by atoms with Crippen LogP contribution >= 0.6 is 0 Å². The Kier molecular flexibility index (Phi) is 3.29. The van der Waals surface area contributed by atoms with Gasteiger partial charge in [-0.25, -0.2) is 0 Å². The number of amides is 2. The third-order valence-corrected chi connectivity index (χ3v) is 4.20. The average Bonchev–Trinajstić information content (AvgIpc) is 3.16. The lowest BCUT2D eigenvalue weighted by atomic mass is 9.98. The highest BCUT2D eigenvalue weighted by atomic mass is 16.5. The Labute approximate surface area is 131 Å². The van der Waals surface area contributed by atoms with Crippen LogP contribution in [0.1, 0.15) is 24.7 Å². The van der Waals surface area contributed by atoms with Crippen molar-refractivity contribution in [1.29, 1.82) is 0 Å². The number of hydrogen-bond donors (Lipinski definition) is 1. The molecule has 2 amide bonds. The molecule has 0 saturated carbocycles. The maximum absolute atomic E-state index is 12.2. The van der Waals surface area contributed by atoms with Crippen LogP contribution in [0.2, 0.25) is 0 Å². The number of likely N-dealkylation sites (tertiary alicyclic amines) is 1. The molecule has 2 fully saturated rings. The molecule has 118 valence electrons. The van der Waals surface area contributed by atoms with E-state index in [4.69, 9.17) is 4.52 Å². The van der Waals surface area contributed by atoms with Gasteiger partial charge in [-0.15, -0.1) is 0 Å². The molecule has 8 nitrogen and oxygen atoms in total. The van der Waals surface area contributed by atoms with Gasteiger partial charge in [-0.3, -0.25) is 14.6 Å². The van der Waals surface area contributed by atoms with E-state index in [2.05, 4.69) is 20.4 Å². The zero-order chi connectivity index (χ0) is 15.8. The minimum Gasteiger partial charge on any atom is -0.344 e. The minimum atomic E-state index is -0.378. The van der Waals surface area contributed by atoms with E-state index in [1.54, 1.807) is 17.3 Å². The van der Waals surface area contributed by atoms with Gasteiger partial charge in [0.1, 0.15) is 6.04 Å². The molecule has 1 atom stereocenters. The van der Waals surface area contributed by atoms with Crippen molar-refractivity contribution >= 4 is 11.8 Å². The lowest BCUT2D eigenvalue weighted by molar-refractivity contribution is -0.138. The van der Waals surface area contributed by atoms with Gasteiger partial charge in [0, 0.05) is 37.5 Å². The van der Waals surface area contributed by atoms with Crippen molar-refractivity contribution < 1.29 is 14.1 Å². The fraction of sp³-hybridized carbons (Fsp3) is 0.400. The smallest absolute Gasteiger partial charge is 0.245 e. The number of aromatic nitrogens is 3. The first-order valence-corrected chi connectivity index (χ1v) is 7.53. The summed E-state index contributed by atoms with van der Waals surface area (Å²) < 4.78 is 5.30. The predicted molar refractivity (Wildman–Crippen MR) is 78.0 cm³/mol. The molecule has 8 heteroatoms. The third kappa shape index (κ3) is 2.56. The number of carbonyl (C=O) groups excluding carboxylic acids is 2. The maximum atomic E-state index is 12.2. The Morgan fingerprint density at radius 2 is 2.26 bits per heavy atom. The van der Waals surface area contributed by atoms with Crippen molar-refractivity contribution in [2.24, 2.45) is 0 Å². The van der Waals surface area contributed by atoms with Gasteiger partial charge in [-0.1, -0.05) is 5.16 Å². The fourth-order valence-corrected chi connectivity index (χ4v) is 2.85. The quantitative estimate of drug-likeness (QED) is 0.876. The van der Waals surface area contributed by atoms with Crippen molar-refractivity contribution in [2.45, 2.75) is 24.8 Å². The zero-order valence-corrected chi connectivity index (χ0v) is 12.3. The molecule has 1 N–H and O–H groups in total. The normalized spacial score (nSPS) is 21.1. The zero-order valence-electron chi connectivity index (χ0n) is 12.3. The van der Waals surface area contributed by atoms with Gasteiger partial charge in [-0.05, 0) is 18.6 Å². The summed E-state index contributed by atoms with van der Waals surface area (Å²) in [6, 6.07) is 3.29. The maximum Gasteiger partial charge on any atom is 0.245 e. The third-order valence-electron chi connectivity index (χ3n) is 4.20. The van der Waals surface area contributed by atoms with E-state index in [1.165, 1.54) is 0 Å².